The number of nitrogens with one attached hydrogen (secondary N) is 1. The first-order valence-electron chi connectivity index (χ1n) is 7.83. The number of likely N-dealkylation sites (tertiary alicyclic amines) is 1. The predicted octanol–water partition coefficient (Wildman–Crippen LogP) is 3.03. The largest absolute Gasteiger partial charge is 0.445 e. The van der Waals surface area contributed by atoms with E-state index in [2.05, 4.69) is 24.2 Å². The molecule has 2 atom stereocenters. The number of likely N-dealkylation sites (N-methyl/N-ethyl adjacent to an activating group) is 1. The lowest BCUT2D eigenvalue weighted by molar-refractivity contribution is 0.117. The molecule has 1 fully saturated rings. The van der Waals surface area contributed by atoms with Gasteiger partial charge in [0, 0.05) is 19.1 Å². The van der Waals surface area contributed by atoms with E-state index in [1.54, 1.807) is 0 Å². The molecule has 2 unspecified atom stereocenters. The van der Waals surface area contributed by atoms with Gasteiger partial charge in [-0.15, -0.1) is 0 Å². The predicted molar refractivity (Wildman–Crippen MR) is 84.1 cm³/mol. The molecule has 0 aliphatic carbocycles. The molecular weight excluding hydrogens is 264 g/mol. The Morgan fingerprint density at radius 3 is 2.81 bits per heavy atom. The van der Waals surface area contributed by atoms with Crippen molar-refractivity contribution in [3.05, 3.63) is 35.9 Å². The zero-order chi connectivity index (χ0) is 15.1. The van der Waals surface area contributed by atoms with E-state index < -0.39 is 0 Å². The van der Waals surface area contributed by atoms with Crippen LogP contribution in [0.25, 0.3) is 0 Å². The summed E-state index contributed by atoms with van der Waals surface area (Å²) in [7, 11) is 2.12. The fourth-order valence-electron chi connectivity index (χ4n) is 3.10. The Morgan fingerprint density at radius 1 is 1.33 bits per heavy atom. The minimum Gasteiger partial charge on any atom is -0.445 e. The Labute approximate surface area is 127 Å². The summed E-state index contributed by atoms with van der Waals surface area (Å²) in [4.78, 5) is 14.2. The number of amides is 1. The number of alkyl carbamates (subject to hydrolysis) is 1. The van der Waals surface area contributed by atoms with Crippen molar-refractivity contribution in [3.63, 3.8) is 0 Å². The summed E-state index contributed by atoms with van der Waals surface area (Å²) in [6.45, 7) is 4.57. The summed E-state index contributed by atoms with van der Waals surface area (Å²) in [5.41, 5.74) is 1.01. The maximum absolute atomic E-state index is 11.9. The van der Waals surface area contributed by atoms with E-state index in [-0.39, 0.29) is 12.1 Å². The first-order chi connectivity index (χ1) is 10.2. The van der Waals surface area contributed by atoms with Crippen molar-refractivity contribution >= 4 is 6.09 Å². The minimum atomic E-state index is -0.311. The minimum absolute atomic E-state index is 0.198. The second-order valence-electron chi connectivity index (χ2n) is 6.01. The summed E-state index contributed by atoms with van der Waals surface area (Å²) in [5, 5.41) is 3.01. The molecule has 1 saturated heterocycles. The van der Waals surface area contributed by atoms with E-state index in [1.165, 1.54) is 12.8 Å². The number of carbonyl (C=O) groups is 1. The molecule has 4 heteroatoms. The van der Waals surface area contributed by atoms with Crippen molar-refractivity contribution in [2.24, 2.45) is 5.92 Å². The molecule has 1 amide bonds. The number of hydrogen-bond donors (Lipinski definition) is 1. The molecule has 1 aliphatic rings. The molecule has 1 N–H and O–H groups in total. The van der Waals surface area contributed by atoms with Gasteiger partial charge in [0.1, 0.15) is 6.61 Å². The van der Waals surface area contributed by atoms with Crippen LogP contribution in [0.4, 0.5) is 4.79 Å². The fourth-order valence-corrected chi connectivity index (χ4v) is 3.10. The van der Waals surface area contributed by atoms with Gasteiger partial charge < -0.3 is 15.0 Å². The van der Waals surface area contributed by atoms with Crippen LogP contribution in [0.15, 0.2) is 30.3 Å². The summed E-state index contributed by atoms with van der Waals surface area (Å²) in [5.74, 6) is 0.674. The molecule has 1 heterocycles. The lowest BCUT2D eigenvalue weighted by Gasteiger charge is -2.35. The van der Waals surface area contributed by atoms with Crippen LogP contribution in [0.5, 0.6) is 0 Å². The van der Waals surface area contributed by atoms with Gasteiger partial charge in [-0.2, -0.15) is 0 Å². The lowest BCUT2D eigenvalue weighted by Crippen LogP contribution is -2.49. The van der Waals surface area contributed by atoms with Crippen LogP contribution in [0.1, 0.15) is 31.7 Å². The third kappa shape index (κ3) is 5.38. The van der Waals surface area contributed by atoms with Crippen molar-refractivity contribution in [1.29, 1.82) is 0 Å². The van der Waals surface area contributed by atoms with Gasteiger partial charge in [0.05, 0.1) is 0 Å². The van der Waals surface area contributed by atoms with E-state index in [1.807, 2.05) is 30.3 Å². The second-order valence-corrected chi connectivity index (χ2v) is 6.01. The van der Waals surface area contributed by atoms with E-state index in [0.29, 0.717) is 12.5 Å². The first-order valence-corrected chi connectivity index (χ1v) is 7.83. The molecule has 0 bridgehead atoms. The highest BCUT2D eigenvalue weighted by Crippen LogP contribution is 2.20. The molecule has 0 aromatic heterocycles. The topological polar surface area (TPSA) is 41.6 Å². The van der Waals surface area contributed by atoms with Crippen molar-refractivity contribution in [3.8, 4) is 0 Å². The van der Waals surface area contributed by atoms with Crippen LogP contribution >= 0.6 is 0 Å². The van der Waals surface area contributed by atoms with Crippen LogP contribution in [0.3, 0.4) is 0 Å². The molecule has 4 nitrogen and oxygen atoms in total. The lowest BCUT2D eigenvalue weighted by atomic mass is 9.91. The monoisotopic (exact) mass is 290 g/mol. The molecule has 0 radical (unpaired) electrons. The molecule has 1 aliphatic heterocycles. The SMILES string of the molecule is CCCC1CC(NC(=O)OCc2ccccc2)CN(C)C1. The number of ether oxygens (including phenoxy) is 1. The van der Waals surface area contributed by atoms with Gasteiger partial charge in [-0.1, -0.05) is 43.7 Å². The Bertz CT molecular complexity index is 436. The van der Waals surface area contributed by atoms with Gasteiger partial charge >= 0.3 is 6.09 Å². The molecule has 1 aromatic carbocycles. The molecule has 0 saturated carbocycles. The van der Waals surface area contributed by atoms with Gasteiger partial charge in [0.25, 0.3) is 0 Å². The van der Waals surface area contributed by atoms with E-state index in [9.17, 15) is 4.79 Å². The summed E-state index contributed by atoms with van der Waals surface area (Å²) < 4.78 is 5.29. The fraction of sp³-hybridized carbons (Fsp3) is 0.588. The number of nitrogens with zero attached hydrogens (tertiary/aromatic N) is 1. The first kappa shape index (κ1) is 15.8. The van der Waals surface area contributed by atoms with Gasteiger partial charge in [-0.3, -0.25) is 0 Å². The zero-order valence-corrected chi connectivity index (χ0v) is 13.0. The van der Waals surface area contributed by atoms with Crippen molar-refractivity contribution in [1.82, 2.24) is 10.2 Å². The van der Waals surface area contributed by atoms with Gasteiger partial charge in [0.15, 0.2) is 0 Å². The highest BCUT2D eigenvalue weighted by atomic mass is 16.5. The van der Waals surface area contributed by atoms with E-state index >= 15 is 0 Å². The van der Waals surface area contributed by atoms with Gasteiger partial charge in [0.2, 0.25) is 0 Å². The number of carbonyl (C=O) groups excluding carboxylic acids is 1. The molecule has 1 aromatic rings. The van der Waals surface area contributed by atoms with Crippen LogP contribution < -0.4 is 5.32 Å². The smallest absolute Gasteiger partial charge is 0.407 e. The van der Waals surface area contributed by atoms with Gasteiger partial charge in [-0.25, -0.2) is 4.79 Å². The second kappa shape index (κ2) is 8.03. The van der Waals surface area contributed by atoms with Crippen LogP contribution in [0, 0.1) is 5.92 Å². The number of rotatable bonds is 5. The maximum atomic E-state index is 11.9. The van der Waals surface area contributed by atoms with E-state index in [4.69, 9.17) is 4.74 Å². The van der Waals surface area contributed by atoms with E-state index in [0.717, 1.165) is 25.1 Å². The Morgan fingerprint density at radius 2 is 2.10 bits per heavy atom. The maximum Gasteiger partial charge on any atom is 0.407 e. The normalized spacial score (nSPS) is 22.8. The number of hydrogen-bond acceptors (Lipinski definition) is 3. The standard InChI is InChI=1S/C17H26N2O2/c1-3-7-15-10-16(12-19(2)11-15)18-17(20)21-13-14-8-5-4-6-9-14/h4-6,8-9,15-16H,3,7,10-13H2,1-2H3,(H,18,20). The zero-order valence-electron chi connectivity index (χ0n) is 13.0. The van der Waals surface area contributed by atoms with Crippen molar-refractivity contribution < 1.29 is 9.53 Å². The van der Waals surface area contributed by atoms with Crippen molar-refractivity contribution in [2.45, 2.75) is 38.8 Å². The Kier molecular flexibility index (Phi) is 6.05. The Hall–Kier alpha value is -1.55. The average molecular weight is 290 g/mol. The highest BCUT2D eigenvalue weighted by Gasteiger charge is 2.26. The van der Waals surface area contributed by atoms with Crippen LogP contribution in [-0.2, 0) is 11.3 Å². The highest BCUT2D eigenvalue weighted by molar-refractivity contribution is 5.67. The van der Waals surface area contributed by atoms with Crippen LogP contribution in [0.2, 0.25) is 0 Å². The summed E-state index contributed by atoms with van der Waals surface area (Å²) >= 11 is 0. The number of piperidine rings is 1. The van der Waals surface area contributed by atoms with Crippen molar-refractivity contribution in [2.75, 3.05) is 20.1 Å². The molecule has 116 valence electrons. The Balaban J connectivity index is 1.76. The summed E-state index contributed by atoms with van der Waals surface area (Å²) in [6.07, 6.45) is 3.17. The van der Waals surface area contributed by atoms with Gasteiger partial charge in [-0.05, 0) is 31.4 Å². The number of benzene rings is 1. The summed E-state index contributed by atoms with van der Waals surface area (Å²) in [6, 6.07) is 9.96. The van der Waals surface area contributed by atoms with Crippen LogP contribution in [-0.4, -0.2) is 37.2 Å². The molecular formula is C17H26N2O2. The molecule has 2 rings (SSSR count). The third-order valence-corrected chi connectivity index (χ3v) is 3.95. The molecule has 21 heavy (non-hydrogen) atoms. The average Bonchev–Trinajstić information content (AvgIpc) is 2.46. The molecule has 0 spiro atoms. The quantitative estimate of drug-likeness (QED) is 0.906. The third-order valence-electron chi connectivity index (χ3n) is 3.95.